The first-order valence-corrected chi connectivity index (χ1v) is 6.13. The molecular weight excluding hydrogens is 238 g/mol. The highest BCUT2D eigenvalue weighted by Gasteiger charge is 2.07. The number of fused-ring (bicyclic) bond motifs is 1. The van der Waals surface area contributed by atoms with Gasteiger partial charge >= 0.3 is 0 Å². The molecule has 0 saturated carbocycles. The second kappa shape index (κ2) is 4.65. The lowest BCUT2D eigenvalue weighted by molar-refractivity contribution is 0.292. The van der Waals surface area contributed by atoms with E-state index in [1.807, 2.05) is 54.1 Å². The lowest BCUT2D eigenvalue weighted by atomic mass is 10.3. The first-order valence-electron chi connectivity index (χ1n) is 6.13. The quantitative estimate of drug-likeness (QED) is 0.730. The van der Waals surface area contributed by atoms with Crippen molar-refractivity contribution in [2.45, 2.75) is 6.61 Å². The molecule has 4 heteroatoms. The number of anilines is 1. The molecule has 0 spiro atoms. The van der Waals surface area contributed by atoms with Gasteiger partial charge in [0.15, 0.2) is 0 Å². The van der Waals surface area contributed by atoms with E-state index in [0.717, 1.165) is 28.3 Å². The van der Waals surface area contributed by atoms with Gasteiger partial charge < -0.3 is 15.0 Å². The van der Waals surface area contributed by atoms with Gasteiger partial charge in [0.2, 0.25) is 0 Å². The van der Waals surface area contributed by atoms with Crippen LogP contribution in [-0.2, 0) is 13.7 Å². The number of hydrogen-bond donors (Lipinski definition) is 1. The Bertz CT molecular complexity index is 701. The number of nitrogens with two attached hydrogens (primary N) is 1. The van der Waals surface area contributed by atoms with E-state index in [1.165, 1.54) is 0 Å². The van der Waals surface area contributed by atoms with Gasteiger partial charge in [0.25, 0.3) is 0 Å². The van der Waals surface area contributed by atoms with Gasteiger partial charge in [0.05, 0.1) is 11.0 Å². The van der Waals surface area contributed by atoms with E-state index in [0.29, 0.717) is 6.61 Å². The van der Waals surface area contributed by atoms with Crippen molar-refractivity contribution in [3.63, 3.8) is 0 Å². The van der Waals surface area contributed by atoms with Crippen molar-refractivity contribution in [1.29, 1.82) is 0 Å². The van der Waals surface area contributed by atoms with E-state index >= 15 is 0 Å². The molecule has 0 aliphatic heterocycles. The molecule has 2 aromatic carbocycles. The maximum absolute atomic E-state index is 5.72. The Kier molecular flexibility index (Phi) is 2.83. The molecule has 0 aliphatic rings. The van der Waals surface area contributed by atoms with Crippen LogP contribution in [-0.4, -0.2) is 9.55 Å². The van der Waals surface area contributed by atoms with Crippen molar-refractivity contribution in [3.8, 4) is 5.75 Å². The highest BCUT2D eigenvalue weighted by Crippen LogP contribution is 2.17. The maximum atomic E-state index is 5.72. The Morgan fingerprint density at radius 3 is 2.58 bits per heavy atom. The topological polar surface area (TPSA) is 53.1 Å². The minimum atomic E-state index is 0.440. The molecule has 0 unspecified atom stereocenters. The molecule has 19 heavy (non-hydrogen) atoms. The average Bonchev–Trinajstić information content (AvgIpc) is 2.76. The number of hydrogen-bond acceptors (Lipinski definition) is 3. The average molecular weight is 253 g/mol. The Labute approximate surface area is 111 Å². The normalized spacial score (nSPS) is 10.8. The van der Waals surface area contributed by atoms with Gasteiger partial charge in [-0.2, -0.15) is 0 Å². The number of ether oxygens (including phenoxy) is 1. The molecule has 0 atom stereocenters. The molecule has 0 bridgehead atoms. The van der Waals surface area contributed by atoms with E-state index in [-0.39, 0.29) is 0 Å². The van der Waals surface area contributed by atoms with Crippen LogP contribution in [0.5, 0.6) is 5.75 Å². The fraction of sp³-hybridized carbons (Fsp3) is 0.133. The molecule has 4 nitrogen and oxygen atoms in total. The maximum Gasteiger partial charge on any atom is 0.147 e. The van der Waals surface area contributed by atoms with Crippen LogP contribution in [0.3, 0.4) is 0 Å². The summed E-state index contributed by atoms with van der Waals surface area (Å²) in [6.07, 6.45) is 0. The summed E-state index contributed by atoms with van der Waals surface area (Å²) in [5.41, 5.74) is 8.47. The van der Waals surface area contributed by atoms with Gasteiger partial charge in [-0.25, -0.2) is 4.98 Å². The van der Waals surface area contributed by atoms with Crippen LogP contribution < -0.4 is 10.5 Å². The monoisotopic (exact) mass is 253 g/mol. The van der Waals surface area contributed by atoms with E-state index in [1.54, 1.807) is 0 Å². The summed E-state index contributed by atoms with van der Waals surface area (Å²) in [4.78, 5) is 4.56. The number of nitrogen functional groups attached to an aromatic ring is 1. The minimum absolute atomic E-state index is 0.440. The SMILES string of the molecule is Cn1c(COc2ccc(N)cc2)nc2ccccc21. The van der Waals surface area contributed by atoms with Crippen LogP contribution in [0.1, 0.15) is 5.82 Å². The van der Waals surface area contributed by atoms with Crippen molar-refractivity contribution in [2.75, 3.05) is 5.73 Å². The number of aryl methyl sites for hydroxylation is 1. The number of para-hydroxylation sites is 2. The summed E-state index contributed by atoms with van der Waals surface area (Å²) in [6, 6.07) is 15.4. The van der Waals surface area contributed by atoms with Gasteiger partial charge in [-0.05, 0) is 36.4 Å². The van der Waals surface area contributed by atoms with Gasteiger partial charge in [-0.1, -0.05) is 12.1 Å². The smallest absolute Gasteiger partial charge is 0.147 e. The molecule has 0 aliphatic carbocycles. The Morgan fingerprint density at radius 1 is 1.11 bits per heavy atom. The number of rotatable bonds is 3. The first-order chi connectivity index (χ1) is 9.24. The minimum Gasteiger partial charge on any atom is -0.486 e. The van der Waals surface area contributed by atoms with E-state index in [9.17, 15) is 0 Å². The first kappa shape index (κ1) is 11.6. The van der Waals surface area contributed by atoms with Crippen molar-refractivity contribution in [1.82, 2.24) is 9.55 Å². The predicted molar refractivity (Wildman–Crippen MR) is 75.9 cm³/mol. The van der Waals surface area contributed by atoms with Crippen LogP contribution >= 0.6 is 0 Å². The van der Waals surface area contributed by atoms with Crippen LogP contribution in [0, 0.1) is 0 Å². The van der Waals surface area contributed by atoms with E-state index in [4.69, 9.17) is 10.5 Å². The molecule has 3 rings (SSSR count). The van der Waals surface area contributed by atoms with Crippen molar-refractivity contribution < 1.29 is 4.74 Å². The Hall–Kier alpha value is -2.49. The third-order valence-corrected chi connectivity index (χ3v) is 3.13. The predicted octanol–water partition coefficient (Wildman–Crippen LogP) is 2.73. The molecule has 96 valence electrons. The second-order valence-corrected chi connectivity index (χ2v) is 4.43. The summed E-state index contributed by atoms with van der Waals surface area (Å²) in [5, 5.41) is 0. The zero-order chi connectivity index (χ0) is 13.2. The standard InChI is InChI=1S/C15H15N3O/c1-18-14-5-3-2-4-13(14)17-15(18)10-19-12-8-6-11(16)7-9-12/h2-9H,10,16H2,1H3. The highest BCUT2D eigenvalue weighted by molar-refractivity contribution is 5.75. The summed E-state index contributed by atoms with van der Waals surface area (Å²) in [6.45, 7) is 0.440. The Balaban J connectivity index is 1.82. The van der Waals surface area contributed by atoms with E-state index in [2.05, 4.69) is 11.1 Å². The van der Waals surface area contributed by atoms with Gasteiger partial charge in [-0.15, -0.1) is 0 Å². The summed E-state index contributed by atoms with van der Waals surface area (Å²) >= 11 is 0. The fourth-order valence-corrected chi connectivity index (χ4v) is 2.04. The molecule has 0 saturated heterocycles. The van der Waals surface area contributed by atoms with Crippen LogP contribution in [0.25, 0.3) is 11.0 Å². The largest absolute Gasteiger partial charge is 0.486 e. The van der Waals surface area contributed by atoms with E-state index < -0.39 is 0 Å². The molecular formula is C15H15N3O. The molecule has 2 N–H and O–H groups in total. The van der Waals surface area contributed by atoms with Gasteiger partial charge in [0.1, 0.15) is 18.2 Å². The number of nitrogens with zero attached hydrogens (tertiary/aromatic N) is 2. The van der Waals surface area contributed by atoms with Crippen LogP contribution in [0.4, 0.5) is 5.69 Å². The highest BCUT2D eigenvalue weighted by atomic mass is 16.5. The zero-order valence-electron chi connectivity index (χ0n) is 10.7. The molecule has 0 amide bonds. The summed E-state index contributed by atoms with van der Waals surface area (Å²) < 4.78 is 7.77. The van der Waals surface area contributed by atoms with Crippen molar-refractivity contribution in [2.24, 2.45) is 7.05 Å². The molecule has 3 aromatic rings. The van der Waals surface area contributed by atoms with Gasteiger partial charge in [0, 0.05) is 12.7 Å². The molecule has 1 heterocycles. The number of benzene rings is 2. The lowest BCUT2D eigenvalue weighted by Crippen LogP contribution is -2.03. The lowest BCUT2D eigenvalue weighted by Gasteiger charge is -2.06. The number of aromatic nitrogens is 2. The molecule has 0 fully saturated rings. The number of imidazole rings is 1. The second-order valence-electron chi connectivity index (χ2n) is 4.43. The molecule has 1 aromatic heterocycles. The van der Waals surface area contributed by atoms with Crippen molar-refractivity contribution in [3.05, 3.63) is 54.4 Å². The van der Waals surface area contributed by atoms with Crippen LogP contribution in [0.15, 0.2) is 48.5 Å². The third kappa shape index (κ3) is 2.25. The zero-order valence-corrected chi connectivity index (χ0v) is 10.7. The summed E-state index contributed by atoms with van der Waals surface area (Å²) in [7, 11) is 2.00. The van der Waals surface area contributed by atoms with Crippen LogP contribution in [0.2, 0.25) is 0 Å². The molecule has 0 radical (unpaired) electrons. The Morgan fingerprint density at radius 2 is 1.84 bits per heavy atom. The summed E-state index contributed by atoms with van der Waals surface area (Å²) in [5.74, 6) is 1.69. The third-order valence-electron chi connectivity index (χ3n) is 3.13. The fourth-order valence-electron chi connectivity index (χ4n) is 2.04. The van der Waals surface area contributed by atoms with Crippen molar-refractivity contribution >= 4 is 16.7 Å². The van der Waals surface area contributed by atoms with Gasteiger partial charge in [-0.3, -0.25) is 0 Å².